The van der Waals surface area contributed by atoms with Gasteiger partial charge >= 0.3 is 6.18 Å². The number of rotatable bonds is 3. The summed E-state index contributed by atoms with van der Waals surface area (Å²) in [6.45, 7) is 0. The third kappa shape index (κ3) is 3.62. The summed E-state index contributed by atoms with van der Waals surface area (Å²) in [6.07, 6.45) is -3.88. The molecule has 2 aromatic carbocycles. The second kappa shape index (κ2) is 7.30. The van der Waals surface area contributed by atoms with E-state index in [4.69, 9.17) is 28.0 Å². The minimum absolute atomic E-state index is 0.0796. The maximum atomic E-state index is 14.0. The Hall–Kier alpha value is -2.10. The highest BCUT2D eigenvalue weighted by Gasteiger charge is 2.62. The van der Waals surface area contributed by atoms with E-state index in [9.17, 15) is 13.2 Å². The van der Waals surface area contributed by atoms with Gasteiger partial charge in [0.15, 0.2) is 4.73 Å². The average Bonchev–Trinajstić information content (AvgIpc) is 3.28. The molecule has 0 spiro atoms. The highest BCUT2D eigenvalue weighted by atomic mass is 79.9. The van der Waals surface area contributed by atoms with Gasteiger partial charge in [-0.25, -0.2) is 9.67 Å². The summed E-state index contributed by atoms with van der Waals surface area (Å²) in [7, 11) is 0. The van der Waals surface area contributed by atoms with Crippen LogP contribution < -0.4 is 0 Å². The van der Waals surface area contributed by atoms with Crippen LogP contribution in [0.15, 0.2) is 58.7 Å². The Morgan fingerprint density at radius 3 is 2.28 bits per heavy atom. The molecular weight excluding hydrogens is 496 g/mol. The molecule has 1 aromatic heterocycles. The lowest BCUT2D eigenvalue weighted by Gasteiger charge is -2.29. The molecule has 1 aliphatic heterocycles. The fourth-order valence-electron chi connectivity index (χ4n) is 3.04. The molecule has 0 saturated heterocycles. The van der Waals surface area contributed by atoms with Gasteiger partial charge in [0.1, 0.15) is 6.33 Å². The van der Waals surface area contributed by atoms with Crippen molar-refractivity contribution in [3.8, 4) is 5.69 Å². The molecule has 3 aromatic rings. The molecule has 1 aliphatic rings. The number of halogens is 6. The highest BCUT2D eigenvalue weighted by molar-refractivity contribution is 9.10. The predicted molar refractivity (Wildman–Crippen MR) is 105 cm³/mol. The fourth-order valence-corrected chi connectivity index (χ4v) is 3.96. The molecule has 1 unspecified atom stereocenters. The maximum absolute atomic E-state index is 14.0. The molecule has 4 rings (SSSR count). The third-order valence-corrected chi connectivity index (χ3v) is 5.44. The number of aromatic nitrogens is 3. The van der Waals surface area contributed by atoms with E-state index in [2.05, 4.69) is 31.2 Å². The van der Waals surface area contributed by atoms with Crippen LogP contribution in [0.5, 0.6) is 0 Å². The molecule has 0 amide bonds. The summed E-state index contributed by atoms with van der Waals surface area (Å²) >= 11 is 15.1. The Bertz CT molecular complexity index is 1080. The van der Waals surface area contributed by atoms with Crippen molar-refractivity contribution in [3.63, 3.8) is 0 Å². The van der Waals surface area contributed by atoms with E-state index in [1.807, 2.05) is 0 Å². The fraction of sp³-hybridized carbons (Fsp3) is 0.167. The van der Waals surface area contributed by atoms with Gasteiger partial charge in [0.2, 0.25) is 0 Å². The number of hydrogen-bond acceptors (Lipinski definition) is 4. The molecule has 5 nitrogen and oxygen atoms in total. The van der Waals surface area contributed by atoms with Crippen molar-refractivity contribution >= 4 is 44.8 Å². The predicted octanol–water partition coefficient (Wildman–Crippen LogP) is 5.92. The van der Waals surface area contributed by atoms with Crippen molar-refractivity contribution in [2.24, 2.45) is 5.16 Å². The van der Waals surface area contributed by atoms with Gasteiger partial charge < -0.3 is 4.84 Å². The van der Waals surface area contributed by atoms with E-state index in [0.717, 1.165) is 0 Å². The maximum Gasteiger partial charge on any atom is 0.435 e. The average molecular weight is 506 g/mol. The zero-order valence-corrected chi connectivity index (χ0v) is 17.4. The van der Waals surface area contributed by atoms with Crippen LogP contribution in [0.4, 0.5) is 13.2 Å². The summed E-state index contributed by atoms with van der Waals surface area (Å²) < 4.78 is 44.2. The Morgan fingerprint density at radius 2 is 1.72 bits per heavy atom. The number of alkyl halides is 3. The summed E-state index contributed by atoms with van der Waals surface area (Å²) in [5.74, 6) is 0. The Morgan fingerprint density at radius 1 is 1.07 bits per heavy atom. The van der Waals surface area contributed by atoms with Crippen LogP contribution in [-0.2, 0) is 10.4 Å². The molecule has 1 atom stereocenters. The van der Waals surface area contributed by atoms with E-state index in [1.165, 1.54) is 29.2 Å². The first-order chi connectivity index (χ1) is 13.7. The van der Waals surface area contributed by atoms with Gasteiger partial charge in [-0.1, -0.05) is 40.5 Å². The van der Waals surface area contributed by atoms with Crippen molar-refractivity contribution < 1.29 is 18.0 Å². The van der Waals surface area contributed by atoms with E-state index in [0.29, 0.717) is 16.0 Å². The first-order valence-electron chi connectivity index (χ1n) is 8.14. The lowest BCUT2D eigenvalue weighted by molar-refractivity contribution is -0.275. The summed E-state index contributed by atoms with van der Waals surface area (Å²) in [5, 5.41) is 7.95. The molecule has 0 aliphatic carbocycles. The van der Waals surface area contributed by atoms with Crippen molar-refractivity contribution in [2.75, 3.05) is 0 Å². The number of hydrogen-bond donors (Lipinski definition) is 0. The molecule has 0 saturated carbocycles. The number of oxime groups is 1. The normalized spacial score (nSPS) is 19.2. The molecule has 150 valence electrons. The van der Waals surface area contributed by atoms with Crippen LogP contribution in [0, 0.1) is 0 Å². The Labute approximate surface area is 181 Å². The Balaban J connectivity index is 1.67. The van der Waals surface area contributed by atoms with Crippen LogP contribution >= 0.6 is 39.1 Å². The second-order valence-electron chi connectivity index (χ2n) is 6.28. The number of benzene rings is 2. The smallest absolute Gasteiger partial charge is 0.374 e. The SMILES string of the molecule is FC(F)(F)C1(c2cc(Cl)cc(Cl)c2)CC(c2ccc(-n3ncnc3Br)cc2)=NO1. The van der Waals surface area contributed by atoms with Crippen LogP contribution in [-0.4, -0.2) is 26.7 Å². The van der Waals surface area contributed by atoms with Crippen molar-refractivity contribution in [1.29, 1.82) is 0 Å². The van der Waals surface area contributed by atoms with E-state index >= 15 is 0 Å². The first kappa shape index (κ1) is 20.2. The minimum Gasteiger partial charge on any atom is -0.374 e. The largest absolute Gasteiger partial charge is 0.435 e. The summed E-state index contributed by atoms with van der Waals surface area (Å²) in [6, 6.07) is 10.4. The van der Waals surface area contributed by atoms with Gasteiger partial charge in [0, 0.05) is 22.0 Å². The highest BCUT2D eigenvalue weighted by Crippen LogP contribution is 2.49. The van der Waals surface area contributed by atoms with Gasteiger partial charge in [-0.05, 0) is 51.8 Å². The molecular formula is C18H10BrCl2F3N4O. The second-order valence-corrected chi connectivity index (χ2v) is 7.86. The minimum atomic E-state index is -4.74. The monoisotopic (exact) mass is 504 g/mol. The van der Waals surface area contributed by atoms with Gasteiger partial charge in [0.05, 0.1) is 11.4 Å². The summed E-state index contributed by atoms with van der Waals surface area (Å²) in [4.78, 5) is 8.97. The van der Waals surface area contributed by atoms with Gasteiger partial charge in [-0.3, -0.25) is 0 Å². The van der Waals surface area contributed by atoms with Crippen LogP contribution in [0.1, 0.15) is 17.5 Å². The molecule has 0 bridgehead atoms. The number of nitrogens with zero attached hydrogens (tertiary/aromatic N) is 4. The lowest BCUT2D eigenvalue weighted by atomic mass is 9.86. The molecule has 0 N–H and O–H groups in total. The molecule has 0 fully saturated rings. The zero-order chi connectivity index (χ0) is 20.8. The lowest BCUT2D eigenvalue weighted by Crippen LogP contribution is -2.42. The van der Waals surface area contributed by atoms with Gasteiger partial charge in [0.25, 0.3) is 5.60 Å². The topological polar surface area (TPSA) is 52.3 Å². The van der Waals surface area contributed by atoms with Crippen molar-refractivity contribution in [3.05, 3.63) is 74.7 Å². The first-order valence-corrected chi connectivity index (χ1v) is 9.69. The van der Waals surface area contributed by atoms with Gasteiger partial charge in [-0.15, -0.1) is 0 Å². The molecule has 0 radical (unpaired) electrons. The van der Waals surface area contributed by atoms with Crippen molar-refractivity contribution in [2.45, 2.75) is 18.2 Å². The van der Waals surface area contributed by atoms with E-state index < -0.39 is 18.2 Å². The molecule has 2 heterocycles. The van der Waals surface area contributed by atoms with E-state index in [-0.39, 0.29) is 21.3 Å². The molecule has 11 heteroatoms. The summed E-state index contributed by atoms with van der Waals surface area (Å²) in [5.41, 5.74) is -1.54. The van der Waals surface area contributed by atoms with Gasteiger partial charge in [-0.2, -0.15) is 18.3 Å². The standard InChI is InChI=1S/C18H10BrCl2F3N4O/c19-16-25-9-26-28(16)14-3-1-10(2-4-14)15-8-17(29-27-15,18(22,23)24)11-5-12(20)7-13(21)6-11/h1-7,9H,8H2. The quantitative estimate of drug-likeness (QED) is 0.444. The van der Waals surface area contributed by atoms with Crippen molar-refractivity contribution in [1.82, 2.24) is 14.8 Å². The van der Waals surface area contributed by atoms with Crippen LogP contribution in [0.2, 0.25) is 10.0 Å². The Kier molecular flexibility index (Phi) is 5.08. The molecule has 29 heavy (non-hydrogen) atoms. The zero-order valence-electron chi connectivity index (χ0n) is 14.3. The van der Waals surface area contributed by atoms with Crippen LogP contribution in [0.3, 0.4) is 0 Å². The van der Waals surface area contributed by atoms with E-state index in [1.54, 1.807) is 24.3 Å². The third-order valence-electron chi connectivity index (χ3n) is 4.47. The van der Waals surface area contributed by atoms with Crippen LogP contribution in [0.25, 0.3) is 5.69 Å².